The molecule has 8 heteroatoms. The molecule has 0 aliphatic rings. The van der Waals surface area contributed by atoms with Crippen molar-refractivity contribution in [2.24, 2.45) is 0 Å². The van der Waals surface area contributed by atoms with Crippen molar-refractivity contribution in [3.8, 4) is 5.75 Å². The lowest BCUT2D eigenvalue weighted by atomic mass is 9.97. The highest BCUT2D eigenvalue weighted by atomic mass is 19.2. The molecular weight excluding hydrogens is 440 g/mol. The van der Waals surface area contributed by atoms with Crippen molar-refractivity contribution in [3.05, 3.63) is 116 Å². The van der Waals surface area contributed by atoms with Gasteiger partial charge in [-0.15, -0.1) is 0 Å². The molecule has 174 valence electrons. The normalized spacial score (nSPS) is 12.9. The molecule has 0 aromatic heterocycles. The summed E-state index contributed by atoms with van der Waals surface area (Å²) in [4.78, 5) is 23.0. The van der Waals surface area contributed by atoms with Crippen LogP contribution in [-0.4, -0.2) is 11.3 Å². The van der Waals surface area contributed by atoms with Crippen LogP contribution >= 0.6 is 0 Å². The first-order valence-electron chi connectivity index (χ1n) is 10.7. The smallest absolute Gasteiger partial charge is 0.271 e. The van der Waals surface area contributed by atoms with E-state index >= 15 is 0 Å². The second-order valence-corrected chi connectivity index (χ2v) is 8.14. The molecular formula is C26H23F2N3O3. The van der Waals surface area contributed by atoms with Gasteiger partial charge in [0.1, 0.15) is 5.69 Å². The van der Waals surface area contributed by atoms with Crippen LogP contribution in [0.4, 0.5) is 25.8 Å². The Balaban J connectivity index is 1.61. The van der Waals surface area contributed by atoms with E-state index in [0.29, 0.717) is 11.4 Å². The molecule has 0 saturated carbocycles. The highest BCUT2D eigenvalue weighted by Gasteiger charge is 2.21. The highest BCUT2D eigenvalue weighted by Crippen LogP contribution is 2.28. The van der Waals surface area contributed by atoms with Crippen molar-refractivity contribution in [2.75, 3.05) is 10.6 Å². The molecule has 0 aliphatic heterocycles. The zero-order valence-electron chi connectivity index (χ0n) is 18.5. The van der Waals surface area contributed by atoms with E-state index in [1.54, 1.807) is 18.2 Å². The van der Waals surface area contributed by atoms with Crippen LogP contribution in [0.1, 0.15) is 29.7 Å². The van der Waals surface area contributed by atoms with Gasteiger partial charge in [0.25, 0.3) is 10.9 Å². The summed E-state index contributed by atoms with van der Waals surface area (Å²) in [6.07, 6.45) is -0.342. The van der Waals surface area contributed by atoms with Gasteiger partial charge in [-0.2, -0.15) is 0 Å². The minimum atomic E-state index is -0.937. The van der Waals surface area contributed by atoms with Crippen LogP contribution in [0.5, 0.6) is 5.75 Å². The van der Waals surface area contributed by atoms with Crippen LogP contribution < -0.4 is 26.8 Å². The number of hydrogen-bond donors (Lipinski definition) is 4. The van der Waals surface area contributed by atoms with Crippen LogP contribution in [0.2, 0.25) is 0 Å². The van der Waals surface area contributed by atoms with Crippen molar-refractivity contribution >= 4 is 17.1 Å². The van der Waals surface area contributed by atoms with Gasteiger partial charge in [-0.25, -0.2) is 8.78 Å². The maximum atomic E-state index is 13.6. The second-order valence-electron chi connectivity index (χ2n) is 8.14. The number of anilines is 3. The number of aromatic hydroxyl groups is 1. The quantitative estimate of drug-likeness (QED) is 0.228. The molecule has 2 atom stereocenters. The summed E-state index contributed by atoms with van der Waals surface area (Å²) in [5, 5.41) is 19.0. The number of benzene rings is 3. The van der Waals surface area contributed by atoms with Crippen molar-refractivity contribution in [3.63, 3.8) is 0 Å². The van der Waals surface area contributed by atoms with E-state index < -0.39 is 28.2 Å². The Bertz CT molecular complexity index is 1400. The standard InChI is InChI=1S/C26H23F2N3O3/c1-14-6-8-16(9-7-14)22(30-15(2)29-19-10-11-20(27)21(28)13-19)17-4-3-5-18(12-17)31-23-24(32)26(34)25(23)33/h3-13,15,22,29-32H,1-2H3/t15-,22?/m0/s1. The molecule has 34 heavy (non-hydrogen) atoms. The molecule has 0 saturated heterocycles. The lowest BCUT2D eigenvalue weighted by molar-refractivity contribution is 0.466. The van der Waals surface area contributed by atoms with E-state index in [1.165, 1.54) is 6.07 Å². The Kier molecular flexibility index (Phi) is 6.43. The monoisotopic (exact) mass is 463 g/mol. The number of aryl methyl sites for hydroxylation is 1. The van der Waals surface area contributed by atoms with Crippen molar-refractivity contribution in [2.45, 2.75) is 26.1 Å². The molecule has 4 rings (SSSR count). The number of halogens is 2. The van der Waals surface area contributed by atoms with E-state index in [2.05, 4.69) is 16.0 Å². The van der Waals surface area contributed by atoms with Crippen molar-refractivity contribution in [1.29, 1.82) is 0 Å². The Morgan fingerprint density at radius 3 is 2.24 bits per heavy atom. The summed E-state index contributed by atoms with van der Waals surface area (Å²) >= 11 is 0. The van der Waals surface area contributed by atoms with Crippen LogP contribution in [0.25, 0.3) is 0 Å². The SMILES string of the molecule is Cc1ccc(C(N[C@@H](C)Nc2ccc(F)c(F)c2)c2cccc(Nc3c(O)c(=O)c3=O)c2)cc1. The van der Waals surface area contributed by atoms with Crippen LogP contribution in [-0.2, 0) is 0 Å². The third-order valence-corrected chi connectivity index (χ3v) is 5.50. The Morgan fingerprint density at radius 1 is 0.824 bits per heavy atom. The molecule has 4 N–H and O–H groups in total. The lowest BCUT2D eigenvalue weighted by Crippen LogP contribution is -2.37. The topological polar surface area (TPSA) is 90.5 Å². The molecule has 0 aliphatic carbocycles. The third kappa shape index (κ3) is 4.82. The molecule has 0 radical (unpaired) electrons. The van der Waals surface area contributed by atoms with Crippen molar-refractivity contribution < 1.29 is 13.9 Å². The van der Waals surface area contributed by atoms with E-state index in [4.69, 9.17) is 0 Å². The Labute approximate surface area is 194 Å². The summed E-state index contributed by atoms with van der Waals surface area (Å²) < 4.78 is 26.9. The molecule has 0 fully saturated rings. The van der Waals surface area contributed by atoms with Crippen LogP contribution in [0.3, 0.4) is 0 Å². The van der Waals surface area contributed by atoms with Gasteiger partial charge in [-0.3, -0.25) is 14.9 Å². The average molecular weight is 463 g/mol. The van der Waals surface area contributed by atoms with E-state index in [0.717, 1.165) is 28.8 Å². The van der Waals surface area contributed by atoms with Gasteiger partial charge in [0.2, 0.25) is 0 Å². The Hall–Kier alpha value is -4.04. The van der Waals surface area contributed by atoms with E-state index in [9.17, 15) is 23.5 Å². The summed E-state index contributed by atoms with van der Waals surface area (Å²) in [5.41, 5.74) is 2.05. The largest absolute Gasteiger partial charge is 0.502 e. The summed E-state index contributed by atoms with van der Waals surface area (Å²) in [5.74, 6) is -2.43. The Morgan fingerprint density at radius 2 is 1.56 bits per heavy atom. The molecule has 4 aromatic rings. The maximum absolute atomic E-state index is 13.6. The maximum Gasteiger partial charge on any atom is 0.271 e. The van der Waals surface area contributed by atoms with Gasteiger partial charge < -0.3 is 15.7 Å². The minimum Gasteiger partial charge on any atom is -0.502 e. The van der Waals surface area contributed by atoms with Crippen molar-refractivity contribution in [1.82, 2.24) is 5.32 Å². The zero-order chi connectivity index (χ0) is 24.4. The minimum absolute atomic E-state index is 0.129. The van der Waals surface area contributed by atoms with E-state index in [1.807, 2.05) is 44.2 Å². The molecule has 4 aromatic carbocycles. The predicted molar refractivity (Wildman–Crippen MR) is 128 cm³/mol. The van der Waals surface area contributed by atoms with Crippen LogP contribution in [0, 0.1) is 18.6 Å². The highest BCUT2D eigenvalue weighted by molar-refractivity contribution is 5.69. The first-order chi connectivity index (χ1) is 16.2. The van der Waals surface area contributed by atoms with Gasteiger partial charge >= 0.3 is 0 Å². The molecule has 1 unspecified atom stereocenters. The molecule has 0 heterocycles. The first-order valence-corrected chi connectivity index (χ1v) is 10.7. The fourth-order valence-corrected chi connectivity index (χ4v) is 3.71. The third-order valence-electron chi connectivity index (χ3n) is 5.50. The first kappa shape index (κ1) is 23.1. The number of nitrogens with one attached hydrogen (secondary N) is 3. The zero-order valence-corrected chi connectivity index (χ0v) is 18.5. The van der Waals surface area contributed by atoms with Gasteiger partial charge in [-0.1, -0.05) is 42.0 Å². The fourth-order valence-electron chi connectivity index (χ4n) is 3.71. The lowest BCUT2D eigenvalue weighted by Gasteiger charge is -2.26. The number of hydrogen-bond acceptors (Lipinski definition) is 6. The summed E-state index contributed by atoms with van der Waals surface area (Å²) in [6, 6.07) is 18.5. The summed E-state index contributed by atoms with van der Waals surface area (Å²) in [6.45, 7) is 3.84. The average Bonchev–Trinajstić information content (AvgIpc) is 2.83. The summed E-state index contributed by atoms with van der Waals surface area (Å²) in [7, 11) is 0. The van der Waals surface area contributed by atoms with E-state index in [-0.39, 0.29) is 17.9 Å². The van der Waals surface area contributed by atoms with Gasteiger partial charge in [0.15, 0.2) is 17.4 Å². The predicted octanol–water partition coefficient (Wildman–Crippen LogP) is 4.46. The van der Waals surface area contributed by atoms with Gasteiger partial charge in [0, 0.05) is 17.4 Å². The molecule has 0 amide bonds. The molecule has 6 nitrogen and oxygen atoms in total. The second kappa shape index (κ2) is 9.44. The van der Waals surface area contributed by atoms with Crippen LogP contribution in [0.15, 0.2) is 76.3 Å². The van der Waals surface area contributed by atoms with Gasteiger partial charge in [0.05, 0.1) is 12.2 Å². The molecule has 0 spiro atoms. The number of rotatable bonds is 8. The fraction of sp³-hybridized carbons (Fsp3) is 0.154. The van der Waals surface area contributed by atoms with Gasteiger partial charge in [-0.05, 0) is 49.2 Å². The molecule has 0 bridgehead atoms.